The van der Waals surface area contributed by atoms with Crippen LogP contribution >= 0.6 is 12.9 Å². The summed E-state index contributed by atoms with van der Waals surface area (Å²) in [7, 11) is 0. The van der Waals surface area contributed by atoms with E-state index in [0.717, 1.165) is 5.69 Å². The van der Waals surface area contributed by atoms with E-state index in [1.54, 1.807) is 6.20 Å². The molecular formula is C7H9NOS. The molecule has 0 spiro atoms. The zero-order valence-electron chi connectivity index (χ0n) is 5.69. The molecule has 2 nitrogen and oxygen atoms in total. The van der Waals surface area contributed by atoms with Crippen LogP contribution in [0.5, 0.6) is 0 Å². The van der Waals surface area contributed by atoms with Gasteiger partial charge in [0.25, 0.3) is 0 Å². The lowest BCUT2D eigenvalue weighted by Gasteiger charge is -2.05. The summed E-state index contributed by atoms with van der Waals surface area (Å²) in [6.07, 6.45) is 1.70. The Kier molecular flexibility index (Phi) is 2.71. The van der Waals surface area contributed by atoms with Gasteiger partial charge in [-0.2, -0.15) is 0 Å². The smallest absolute Gasteiger partial charge is 0.111 e. The van der Waals surface area contributed by atoms with E-state index in [2.05, 4.69) is 17.9 Å². The average Bonchev–Trinajstić information content (AvgIpc) is 2.05. The molecule has 0 saturated carbocycles. The molecule has 0 radical (unpaired) electrons. The zero-order chi connectivity index (χ0) is 7.40. The van der Waals surface area contributed by atoms with Gasteiger partial charge in [0.15, 0.2) is 0 Å². The highest BCUT2D eigenvalue weighted by molar-refractivity contribution is 7.75. The number of hydrogen-bond acceptors (Lipinski definition) is 3. The summed E-state index contributed by atoms with van der Waals surface area (Å²) in [5.74, 6) is 0. The van der Waals surface area contributed by atoms with Crippen LogP contribution in [-0.4, -0.2) is 4.98 Å². The van der Waals surface area contributed by atoms with Crippen molar-refractivity contribution in [2.75, 3.05) is 0 Å². The molecule has 1 aromatic heterocycles. The second-order valence-corrected chi connectivity index (χ2v) is 2.21. The van der Waals surface area contributed by atoms with Gasteiger partial charge in [-0.1, -0.05) is 6.07 Å². The van der Waals surface area contributed by atoms with E-state index in [-0.39, 0.29) is 6.10 Å². The van der Waals surface area contributed by atoms with Gasteiger partial charge < -0.3 is 4.18 Å². The van der Waals surface area contributed by atoms with Gasteiger partial charge in [-0.05, 0) is 32.0 Å². The van der Waals surface area contributed by atoms with Crippen LogP contribution in [0.25, 0.3) is 0 Å². The molecule has 54 valence electrons. The van der Waals surface area contributed by atoms with Crippen LogP contribution in [0.2, 0.25) is 0 Å². The Labute approximate surface area is 65.9 Å². The van der Waals surface area contributed by atoms with E-state index in [1.165, 1.54) is 0 Å². The number of aromatic nitrogens is 1. The number of hydrogen-bond donors (Lipinski definition) is 1. The Balaban J connectivity index is 2.75. The molecule has 1 unspecified atom stereocenters. The van der Waals surface area contributed by atoms with Crippen LogP contribution in [0.4, 0.5) is 0 Å². The fraction of sp³-hybridized carbons (Fsp3) is 0.286. The number of pyridine rings is 1. The van der Waals surface area contributed by atoms with Gasteiger partial charge in [0.1, 0.15) is 6.10 Å². The minimum atomic E-state index is -0.0375. The van der Waals surface area contributed by atoms with Crippen molar-refractivity contribution in [2.45, 2.75) is 13.0 Å². The summed E-state index contributed by atoms with van der Waals surface area (Å²) in [5, 5.41) is 0. The normalized spacial score (nSPS) is 13.0. The van der Waals surface area contributed by atoms with E-state index in [4.69, 9.17) is 4.18 Å². The monoisotopic (exact) mass is 155 g/mol. The quantitative estimate of drug-likeness (QED) is 0.521. The number of rotatable bonds is 2. The SMILES string of the molecule is CC(OS)c1ccccn1. The van der Waals surface area contributed by atoms with Crippen LogP contribution in [0.3, 0.4) is 0 Å². The topological polar surface area (TPSA) is 22.1 Å². The van der Waals surface area contributed by atoms with E-state index in [1.807, 2.05) is 25.1 Å². The molecule has 10 heavy (non-hydrogen) atoms. The van der Waals surface area contributed by atoms with E-state index >= 15 is 0 Å². The first-order chi connectivity index (χ1) is 4.84. The second-order valence-electron chi connectivity index (χ2n) is 2.00. The van der Waals surface area contributed by atoms with E-state index < -0.39 is 0 Å². The summed E-state index contributed by atoms with van der Waals surface area (Å²) in [4.78, 5) is 4.08. The van der Waals surface area contributed by atoms with Crippen molar-refractivity contribution in [3.63, 3.8) is 0 Å². The third-order valence-electron chi connectivity index (χ3n) is 1.26. The minimum absolute atomic E-state index is 0.0375. The molecule has 0 bridgehead atoms. The van der Waals surface area contributed by atoms with Crippen LogP contribution in [0, 0.1) is 0 Å². The largest absolute Gasteiger partial charge is 0.309 e. The molecule has 0 saturated heterocycles. The van der Waals surface area contributed by atoms with Crippen molar-refractivity contribution in [3.05, 3.63) is 30.1 Å². The maximum atomic E-state index is 4.77. The third kappa shape index (κ3) is 1.72. The molecule has 0 fully saturated rings. The van der Waals surface area contributed by atoms with Gasteiger partial charge in [-0.3, -0.25) is 4.98 Å². The minimum Gasteiger partial charge on any atom is -0.309 e. The van der Waals surface area contributed by atoms with Crippen molar-refractivity contribution < 1.29 is 4.18 Å². The van der Waals surface area contributed by atoms with Gasteiger partial charge in [0.05, 0.1) is 5.69 Å². The van der Waals surface area contributed by atoms with Crippen LogP contribution in [0.1, 0.15) is 18.7 Å². The predicted molar refractivity (Wildman–Crippen MR) is 42.7 cm³/mol. The van der Waals surface area contributed by atoms with Gasteiger partial charge in [-0.15, -0.1) is 0 Å². The maximum Gasteiger partial charge on any atom is 0.111 e. The van der Waals surface area contributed by atoms with Gasteiger partial charge in [-0.25, -0.2) is 0 Å². The van der Waals surface area contributed by atoms with Gasteiger partial charge in [0, 0.05) is 6.20 Å². The molecule has 0 aliphatic carbocycles. The van der Waals surface area contributed by atoms with Crippen molar-refractivity contribution in [1.29, 1.82) is 0 Å². The fourth-order valence-electron chi connectivity index (χ4n) is 0.670. The van der Waals surface area contributed by atoms with Crippen LogP contribution in [-0.2, 0) is 4.18 Å². The highest BCUT2D eigenvalue weighted by atomic mass is 32.1. The first-order valence-corrected chi connectivity index (χ1v) is 3.42. The molecular weight excluding hydrogens is 146 g/mol. The van der Waals surface area contributed by atoms with E-state index in [9.17, 15) is 0 Å². The predicted octanol–water partition coefficient (Wildman–Crippen LogP) is 2.00. The lowest BCUT2D eigenvalue weighted by atomic mass is 10.2. The van der Waals surface area contributed by atoms with Crippen LogP contribution in [0.15, 0.2) is 24.4 Å². The first-order valence-electron chi connectivity index (χ1n) is 3.05. The summed E-state index contributed by atoms with van der Waals surface area (Å²) in [5.41, 5.74) is 0.900. The highest BCUT2D eigenvalue weighted by Crippen LogP contribution is 2.13. The highest BCUT2D eigenvalue weighted by Gasteiger charge is 2.02. The Morgan fingerprint density at radius 1 is 1.60 bits per heavy atom. The summed E-state index contributed by atoms with van der Waals surface area (Å²) >= 11 is 3.69. The summed E-state index contributed by atoms with van der Waals surface area (Å²) in [6, 6.07) is 5.70. The molecule has 1 aromatic rings. The summed E-state index contributed by atoms with van der Waals surface area (Å²) < 4.78 is 4.77. The van der Waals surface area contributed by atoms with Crippen molar-refractivity contribution in [2.24, 2.45) is 0 Å². The Hall–Kier alpha value is -0.540. The molecule has 1 heterocycles. The molecule has 0 amide bonds. The average molecular weight is 155 g/mol. The number of thiol groups is 1. The second kappa shape index (κ2) is 3.58. The van der Waals surface area contributed by atoms with Crippen molar-refractivity contribution in [1.82, 2.24) is 4.98 Å². The maximum absolute atomic E-state index is 4.77. The first kappa shape index (κ1) is 7.57. The molecule has 1 atom stereocenters. The van der Waals surface area contributed by atoms with Gasteiger partial charge >= 0.3 is 0 Å². The zero-order valence-corrected chi connectivity index (χ0v) is 6.58. The Morgan fingerprint density at radius 2 is 2.40 bits per heavy atom. The van der Waals surface area contributed by atoms with Crippen molar-refractivity contribution in [3.8, 4) is 0 Å². The molecule has 0 aliphatic rings. The lowest BCUT2D eigenvalue weighted by molar-refractivity contribution is 0.273. The Morgan fingerprint density at radius 3 is 2.90 bits per heavy atom. The molecule has 3 heteroatoms. The molecule has 0 aromatic carbocycles. The standard InChI is InChI=1S/C7H9NOS/c1-6(9-10)7-4-2-3-5-8-7/h2-6,10H,1H3. The molecule has 1 rings (SSSR count). The lowest BCUT2D eigenvalue weighted by Crippen LogP contribution is -1.94. The third-order valence-corrected chi connectivity index (χ3v) is 1.58. The molecule has 0 aliphatic heterocycles. The fourth-order valence-corrected chi connectivity index (χ4v) is 0.778. The summed E-state index contributed by atoms with van der Waals surface area (Å²) in [6.45, 7) is 1.90. The Bertz CT molecular complexity index is 190. The van der Waals surface area contributed by atoms with Gasteiger partial charge in [0.2, 0.25) is 0 Å². The van der Waals surface area contributed by atoms with E-state index in [0.29, 0.717) is 0 Å². The number of nitrogens with zero attached hydrogens (tertiary/aromatic N) is 1. The molecule has 0 N–H and O–H groups in total. The van der Waals surface area contributed by atoms with Crippen molar-refractivity contribution >= 4 is 12.9 Å². The van der Waals surface area contributed by atoms with Crippen LogP contribution < -0.4 is 0 Å².